The number of esters is 1. The Labute approximate surface area is 152 Å². The van der Waals surface area contributed by atoms with Crippen molar-refractivity contribution in [2.45, 2.75) is 6.42 Å². The number of carbonyl (C=O) groups is 2. The number of hydrogen-bond donors (Lipinski definition) is 0. The molecule has 3 rings (SSSR count). The molecule has 0 spiro atoms. The molecule has 1 aromatic carbocycles. The molecule has 7 heteroatoms. The van der Waals surface area contributed by atoms with Crippen molar-refractivity contribution in [1.29, 1.82) is 0 Å². The summed E-state index contributed by atoms with van der Waals surface area (Å²) in [5.74, 6) is -0.163. The van der Waals surface area contributed by atoms with Gasteiger partial charge in [0.15, 0.2) is 12.4 Å². The molecule has 0 aliphatic rings. The van der Waals surface area contributed by atoms with Gasteiger partial charge in [0.25, 0.3) is 0 Å². The van der Waals surface area contributed by atoms with Crippen molar-refractivity contribution in [1.82, 2.24) is 4.98 Å². The van der Waals surface area contributed by atoms with Crippen molar-refractivity contribution in [3.05, 3.63) is 57.7 Å². The molecule has 0 radical (unpaired) electrons. The van der Waals surface area contributed by atoms with Crippen molar-refractivity contribution < 1.29 is 19.1 Å². The molecule has 5 nitrogen and oxygen atoms in total. The maximum absolute atomic E-state index is 12.1. The molecule has 0 aliphatic heterocycles. The molecule has 0 aliphatic carbocycles. The van der Waals surface area contributed by atoms with Gasteiger partial charge in [-0.3, -0.25) is 9.59 Å². The highest BCUT2D eigenvalue weighted by molar-refractivity contribution is 7.14. The third kappa shape index (κ3) is 4.52. The summed E-state index contributed by atoms with van der Waals surface area (Å²) in [6.07, 6.45) is 0.0476. The standard InChI is InChI=1S/C18H15NO4S2/c1-22-15-4-2-3-12(7-15)16(20)9-23-17(21)8-14-11-25-18(19-14)13-5-6-24-10-13/h2-7,10-11H,8-9H2,1H3. The van der Waals surface area contributed by atoms with E-state index in [2.05, 4.69) is 4.98 Å². The van der Waals surface area contributed by atoms with E-state index < -0.39 is 5.97 Å². The summed E-state index contributed by atoms with van der Waals surface area (Å²) in [5.41, 5.74) is 2.13. The Hall–Kier alpha value is -2.51. The van der Waals surface area contributed by atoms with Gasteiger partial charge < -0.3 is 9.47 Å². The zero-order valence-electron chi connectivity index (χ0n) is 13.4. The van der Waals surface area contributed by atoms with Gasteiger partial charge in [0.05, 0.1) is 19.2 Å². The second-order valence-electron chi connectivity index (χ2n) is 5.15. The first-order valence-corrected chi connectivity index (χ1v) is 9.28. The zero-order valence-corrected chi connectivity index (χ0v) is 15.1. The van der Waals surface area contributed by atoms with Gasteiger partial charge in [0.1, 0.15) is 10.8 Å². The Morgan fingerprint density at radius 2 is 2.08 bits per heavy atom. The highest BCUT2D eigenvalue weighted by atomic mass is 32.1. The average molecular weight is 373 g/mol. The molecular weight excluding hydrogens is 358 g/mol. The van der Waals surface area contributed by atoms with Crippen molar-refractivity contribution in [2.24, 2.45) is 0 Å². The van der Waals surface area contributed by atoms with E-state index in [4.69, 9.17) is 9.47 Å². The highest BCUT2D eigenvalue weighted by Gasteiger charge is 2.13. The van der Waals surface area contributed by atoms with Gasteiger partial charge in [0.2, 0.25) is 0 Å². The normalized spacial score (nSPS) is 10.4. The Morgan fingerprint density at radius 3 is 2.84 bits per heavy atom. The number of ketones is 1. The molecule has 2 aromatic heterocycles. The molecule has 0 fully saturated rings. The molecule has 0 amide bonds. The van der Waals surface area contributed by atoms with Crippen LogP contribution in [0.5, 0.6) is 5.75 Å². The van der Waals surface area contributed by atoms with Gasteiger partial charge >= 0.3 is 5.97 Å². The quantitative estimate of drug-likeness (QED) is 0.465. The topological polar surface area (TPSA) is 65.5 Å². The van der Waals surface area contributed by atoms with Crippen LogP contribution in [0.15, 0.2) is 46.5 Å². The molecule has 0 unspecified atom stereocenters. The van der Waals surface area contributed by atoms with Gasteiger partial charge in [-0.05, 0) is 23.6 Å². The van der Waals surface area contributed by atoms with Crippen molar-refractivity contribution in [3.63, 3.8) is 0 Å². The predicted octanol–water partition coefficient (Wildman–Crippen LogP) is 3.85. The third-order valence-electron chi connectivity index (χ3n) is 3.40. The van der Waals surface area contributed by atoms with Crippen LogP contribution in [0.25, 0.3) is 10.6 Å². The lowest BCUT2D eigenvalue weighted by Gasteiger charge is -2.05. The number of methoxy groups -OCH3 is 1. The number of Topliss-reactive ketones (excluding diaryl/α,β-unsaturated/α-hetero) is 1. The van der Waals surface area contributed by atoms with E-state index >= 15 is 0 Å². The van der Waals surface area contributed by atoms with E-state index in [0.717, 1.165) is 10.6 Å². The van der Waals surface area contributed by atoms with Gasteiger partial charge in [-0.2, -0.15) is 11.3 Å². The predicted molar refractivity (Wildman–Crippen MR) is 97.4 cm³/mol. The van der Waals surface area contributed by atoms with Crippen LogP contribution in [0.4, 0.5) is 0 Å². The summed E-state index contributed by atoms with van der Waals surface area (Å²) < 4.78 is 10.1. The average Bonchev–Trinajstić information content (AvgIpc) is 3.31. The van der Waals surface area contributed by atoms with E-state index in [-0.39, 0.29) is 18.8 Å². The zero-order chi connectivity index (χ0) is 17.6. The molecule has 0 N–H and O–H groups in total. The largest absolute Gasteiger partial charge is 0.497 e. The van der Waals surface area contributed by atoms with Crippen molar-refractivity contribution in [2.75, 3.05) is 13.7 Å². The summed E-state index contributed by atoms with van der Waals surface area (Å²) in [4.78, 5) is 28.4. The number of thiazole rings is 1. The van der Waals surface area contributed by atoms with Crippen LogP contribution < -0.4 is 4.74 Å². The fourth-order valence-corrected chi connectivity index (χ4v) is 3.66. The van der Waals surface area contributed by atoms with Crippen LogP contribution >= 0.6 is 22.7 Å². The molecule has 2 heterocycles. The molecule has 3 aromatic rings. The summed E-state index contributed by atoms with van der Waals surface area (Å²) >= 11 is 3.08. The van der Waals surface area contributed by atoms with Crippen LogP contribution in [0.2, 0.25) is 0 Å². The molecule has 128 valence electrons. The Kier molecular flexibility index (Phi) is 5.57. The highest BCUT2D eigenvalue weighted by Crippen LogP contribution is 2.25. The molecule has 0 saturated carbocycles. The van der Waals surface area contributed by atoms with E-state index in [1.165, 1.54) is 18.4 Å². The van der Waals surface area contributed by atoms with Gasteiger partial charge in [-0.15, -0.1) is 11.3 Å². The van der Waals surface area contributed by atoms with Crippen molar-refractivity contribution in [3.8, 4) is 16.3 Å². The van der Waals surface area contributed by atoms with Crippen LogP contribution in [0.3, 0.4) is 0 Å². The van der Waals surface area contributed by atoms with Crippen molar-refractivity contribution >= 4 is 34.4 Å². The lowest BCUT2D eigenvalue weighted by atomic mass is 10.1. The van der Waals surface area contributed by atoms with Crippen LogP contribution in [0.1, 0.15) is 16.1 Å². The van der Waals surface area contributed by atoms with E-state index in [0.29, 0.717) is 17.0 Å². The number of hydrogen-bond acceptors (Lipinski definition) is 7. The van der Waals surface area contributed by atoms with Crippen LogP contribution in [-0.2, 0) is 16.0 Å². The summed E-state index contributed by atoms with van der Waals surface area (Å²) in [6, 6.07) is 8.72. The maximum atomic E-state index is 12.1. The number of nitrogens with zero attached hydrogens (tertiary/aromatic N) is 1. The first kappa shape index (κ1) is 17.3. The fraction of sp³-hybridized carbons (Fsp3) is 0.167. The lowest BCUT2D eigenvalue weighted by molar-refractivity contribution is -0.141. The second kappa shape index (κ2) is 8.04. The summed E-state index contributed by atoms with van der Waals surface area (Å²) in [6.45, 7) is -0.298. The van der Waals surface area contributed by atoms with Crippen LogP contribution in [0, 0.1) is 0 Å². The minimum absolute atomic E-state index is 0.0476. The number of thiophene rings is 1. The minimum Gasteiger partial charge on any atom is -0.497 e. The maximum Gasteiger partial charge on any atom is 0.312 e. The number of rotatable bonds is 7. The first-order valence-electron chi connectivity index (χ1n) is 7.45. The molecular formula is C18H15NO4S2. The number of benzene rings is 1. The first-order chi connectivity index (χ1) is 12.2. The number of ether oxygens (including phenoxy) is 2. The second-order valence-corrected chi connectivity index (χ2v) is 6.79. The SMILES string of the molecule is COc1cccc(C(=O)COC(=O)Cc2csc(-c3ccsc3)n2)c1. The fourth-order valence-electron chi connectivity index (χ4n) is 2.13. The van der Waals surface area contributed by atoms with Crippen LogP contribution in [-0.4, -0.2) is 30.5 Å². The Bertz CT molecular complexity index is 871. The summed E-state index contributed by atoms with van der Waals surface area (Å²) in [7, 11) is 1.53. The lowest BCUT2D eigenvalue weighted by Crippen LogP contribution is -2.15. The smallest absolute Gasteiger partial charge is 0.312 e. The van der Waals surface area contributed by atoms with E-state index in [1.54, 1.807) is 35.6 Å². The monoisotopic (exact) mass is 373 g/mol. The van der Waals surface area contributed by atoms with E-state index in [9.17, 15) is 9.59 Å². The van der Waals surface area contributed by atoms with E-state index in [1.807, 2.05) is 22.2 Å². The van der Waals surface area contributed by atoms with Gasteiger partial charge in [-0.1, -0.05) is 12.1 Å². The molecule has 0 bridgehead atoms. The molecule has 0 atom stereocenters. The minimum atomic E-state index is -0.474. The number of aromatic nitrogens is 1. The molecule has 0 saturated heterocycles. The number of carbonyl (C=O) groups excluding carboxylic acids is 2. The third-order valence-corrected chi connectivity index (χ3v) is 5.02. The Balaban J connectivity index is 1.53. The molecule has 25 heavy (non-hydrogen) atoms. The Morgan fingerprint density at radius 1 is 1.20 bits per heavy atom. The van der Waals surface area contributed by atoms with Gasteiger partial charge in [-0.25, -0.2) is 4.98 Å². The van der Waals surface area contributed by atoms with Gasteiger partial charge in [0, 0.05) is 21.9 Å². The summed E-state index contributed by atoms with van der Waals surface area (Å²) in [5, 5.41) is 6.69.